The van der Waals surface area contributed by atoms with Crippen LogP contribution in [-0.4, -0.2) is 286 Å². The summed E-state index contributed by atoms with van der Waals surface area (Å²) in [5.41, 5.74) is 0. The largest absolute Gasteiger partial charge is 3.00 e. The van der Waals surface area contributed by atoms with E-state index in [9.17, 15) is 89.7 Å². The molecule has 0 aliphatic heterocycles. The van der Waals surface area contributed by atoms with Gasteiger partial charge in [-0.2, -0.15) is 0 Å². The summed E-state index contributed by atoms with van der Waals surface area (Å²) in [7, 11) is 0. The van der Waals surface area contributed by atoms with Crippen molar-refractivity contribution in [1.82, 2.24) is 36.0 Å². The van der Waals surface area contributed by atoms with Crippen LogP contribution in [0, 0.1) is 39.9 Å². The molecule has 16 N–H and O–H groups in total. The number of rotatable bonds is 38. The molecule has 0 aromatic carbocycles. The van der Waals surface area contributed by atoms with E-state index in [1.807, 2.05) is 0 Å². The van der Waals surface area contributed by atoms with Crippen molar-refractivity contribution in [1.29, 1.82) is 0 Å². The van der Waals surface area contributed by atoms with Crippen LogP contribution in [0.3, 0.4) is 0 Å². The quantitative estimate of drug-likeness (QED) is 0.0155. The van der Waals surface area contributed by atoms with Gasteiger partial charge in [0.15, 0.2) is 13.2 Å². The third-order valence-corrected chi connectivity index (χ3v) is 8.33. The van der Waals surface area contributed by atoms with Gasteiger partial charge in [0.1, 0.15) is 48.8 Å². The number of carbonyl (C=O) groups excluding carboxylic acids is 7. The van der Waals surface area contributed by atoms with E-state index >= 15 is 0 Å². The van der Waals surface area contributed by atoms with Crippen LogP contribution < -0.4 is 36.6 Å². The van der Waals surface area contributed by atoms with E-state index in [1.165, 1.54) is 4.90 Å². The van der Waals surface area contributed by atoms with Crippen LogP contribution in [0.1, 0.15) is 0 Å². The number of oxime groups is 2. The maximum atomic E-state index is 12.5. The maximum absolute atomic E-state index is 12.5. The molecule has 0 heterocycles. The van der Waals surface area contributed by atoms with Gasteiger partial charge in [0, 0.05) is 72.0 Å². The molecule has 0 aromatic heterocycles. The number of carbonyl (C=O) groups is 7. The van der Waals surface area contributed by atoms with Gasteiger partial charge < -0.3 is 117 Å². The second-order valence-corrected chi connectivity index (χ2v) is 13.7. The van der Waals surface area contributed by atoms with Crippen molar-refractivity contribution in [2.75, 3.05) is 112 Å². The zero-order chi connectivity index (χ0) is 49.5. The first kappa shape index (κ1) is 67.3. The van der Waals surface area contributed by atoms with Gasteiger partial charge in [-0.25, -0.2) is 0 Å². The topological polar surface area (TPSA) is 523 Å². The Hall–Kier alpha value is -4.01. The number of nitrogens with one attached hydrogen (secondary N) is 4. The standard InChI is InChI=1S/C34H61N9O22.Gd.H2O/c44-16-22(48)33(62)31(60)20(46)9-39-64-18-26(52)37-3-1-35-24(50)11-42(14-29(56)57)7-5-41(13-28(54)55)6-8-43(15-30(58)59)12-25(51)36-2-4-38-27(53)19-65-40-10-21(47)32(61)34(63)23(49)17-45;;/h9-10,20-23,31-34,44-49,60-63H,1-8,11-19H2,(H,35,50)(H,36,51)(H,37,52)(H,38,53)(H,54,55)(H,56,57)(H,58,59);;1H2/q;+3;/p-3/b39-9+,40-10+;;/t20-,21-,22?,23?,31?,32?,33-,34+;;/m1../s1. The zero-order valence-electron chi connectivity index (χ0n) is 35.8. The molecule has 0 aliphatic rings. The Balaban J connectivity index is -0.0000205. The van der Waals surface area contributed by atoms with E-state index in [2.05, 4.69) is 41.3 Å². The van der Waals surface area contributed by atoms with Crippen LogP contribution in [0.5, 0.6) is 0 Å². The first-order valence-electron chi connectivity index (χ1n) is 19.4. The van der Waals surface area contributed by atoms with Crippen molar-refractivity contribution in [2.45, 2.75) is 48.8 Å². The van der Waals surface area contributed by atoms with E-state index in [0.717, 1.165) is 9.80 Å². The summed E-state index contributed by atoms with van der Waals surface area (Å²) in [5, 5.41) is 144. The van der Waals surface area contributed by atoms with Gasteiger partial charge in [0.05, 0.1) is 56.6 Å². The third-order valence-electron chi connectivity index (χ3n) is 8.33. The molecule has 32 nitrogen and oxygen atoms in total. The second kappa shape index (κ2) is 38.9. The van der Waals surface area contributed by atoms with E-state index < -0.39 is 150 Å². The van der Waals surface area contributed by atoms with Crippen molar-refractivity contribution in [3.05, 3.63) is 0 Å². The molecule has 0 saturated carbocycles. The minimum absolute atomic E-state index is 0. The number of hydrogen-bond acceptors (Lipinski definition) is 27. The summed E-state index contributed by atoms with van der Waals surface area (Å²) in [5.74, 6) is -7.66. The molecule has 67 heavy (non-hydrogen) atoms. The number of nitrogens with zero attached hydrogens (tertiary/aromatic N) is 5. The molecule has 0 aromatic rings. The molecule has 0 fully saturated rings. The summed E-state index contributed by atoms with van der Waals surface area (Å²) in [6.45, 7) is -7.97. The number of hydrogen-bond donors (Lipinski definition) is 14. The van der Waals surface area contributed by atoms with Gasteiger partial charge in [-0.15, -0.1) is 0 Å². The van der Waals surface area contributed by atoms with Crippen LogP contribution in [-0.2, 0) is 43.2 Å². The molecule has 33 heteroatoms. The first-order valence-corrected chi connectivity index (χ1v) is 19.4. The van der Waals surface area contributed by atoms with E-state index in [4.69, 9.17) is 10.2 Å². The zero-order valence-corrected chi connectivity index (χ0v) is 38.0. The van der Waals surface area contributed by atoms with Gasteiger partial charge in [0.2, 0.25) is 11.8 Å². The predicted octanol–water partition coefficient (Wildman–Crippen LogP) is -16.3. The maximum Gasteiger partial charge on any atom is 3.00 e. The molecule has 1 radical (unpaired) electrons. The van der Waals surface area contributed by atoms with Crippen LogP contribution in [0.25, 0.3) is 0 Å². The van der Waals surface area contributed by atoms with Crippen molar-refractivity contribution in [3.63, 3.8) is 0 Å². The fraction of sp³-hybridized carbons (Fsp3) is 0.735. The number of aliphatic hydroxyl groups is 10. The van der Waals surface area contributed by atoms with E-state index in [0.29, 0.717) is 12.4 Å². The van der Waals surface area contributed by atoms with Crippen LogP contribution >= 0.6 is 0 Å². The molecule has 8 atom stereocenters. The Kier molecular flexibility index (Phi) is 39.1. The van der Waals surface area contributed by atoms with E-state index in [-0.39, 0.29) is 97.8 Å². The Labute approximate surface area is 413 Å². The smallest absolute Gasteiger partial charge is 0.549 e. The number of amides is 4. The van der Waals surface area contributed by atoms with Crippen LogP contribution in [0.2, 0.25) is 0 Å². The normalized spacial score (nSPS) is 15.0. The van der Waals surface area contributed by atoms with Crippen LogP contribution in [0.4, 0.5) is 0 Å². The Bertz CT molecular complexity index is 1420. The van der Waals surface area contributed by atoms with E-state index in [1.54, 1.807) is 0 Å². The van der Waals surface area contributed by atoms with Gasteiger partial charge in [-0.1, -0.05) is 10.3 Å². The Morgan fingerprint density at radius 3 is 1.06 bits per heavy atom. The van der Waals surface area contributed by atoms with Gasteiger partial charge in [-0.3, -0.25) is 33.9 Å². The number of aliphatic carboxylic acids is 3. The summed E-state index contributed by atoms with van der Waals surface area (Å²) in [6.07, 6.45) is -13.7. The Morgan fingerprint density at radius 1 is 0.478 bits per heavy atom. The molecule has 0 rings (SSSR count). The third kappa shape index (κ3) is 33.2. The average Bonchev–Trinajstić information content (AvgIpc) is 3.25. The molecular formula is C34H60GdN9O23. The first-order chi connectivity index (χ1) is 30.6. The van der Waals surface area contributed by atoms with Gasteiger partial charge in [-0.05, 0) is 0 Å². The van der Waals surface area contributed by atoms with Crippen molar-refractivity contribution < 1.29 is 155 Å². The van der Waals surface area contributed by atoms with Crippen molar-refractivity contribution in [3.8, 4) is 0 Å². The predicted molar refractivity (Wildman–Crippen MR) is 211 cm³/mol. The molecule has 387 valence electrons. The van der Waals surface area contributed by atoms with Crippen molar-refractivity contribution in [2.24, 2.45) is 10.3 Å². The number of carboxylic acid groups (broad SMARTS) is 3. The summed E-state index contributed by atoms with van der Waals surface area (Å²) in [4.78, 5) is 95.8. The minimum Gasteiger partial charge on any atom is -0.549 e. The molecule has 4 unspecified atom stereocenters. The Morgan fingerprint density at radius 2 is 0.761 bits per heavy atom. The molecular weight excluding hydrogens is 1060 g/mol. The van der Waals surface area contributed by atoms with Crippen LogP contribution in [0.15, 0.2) is 10.3 Å². The van der Waals surface area contributed by atoms with Gasteiger partial charge in [0.25, 0.3) is 11.8 Å². The van der Waals surface area contributed by atoms with Crippen molar-refractivity contribution >= 4 is 54.0 Å². The molecule has 4 amide bonds. The molecule has 0 bridgehead atoms. The minimum atomic E-state index is -1.94. The monoisotopic (exact) mass is 1120 g/mol. The number of aliphatic hydroxyl groups excluding tert-OH is 10. The molecule has 0 saturated heterocycles. The number of carboxylic acids is 3. The second-order valence-electron chi connectivity index (χ2n) is 13.7. The fourth-order valence-corrected chi connectivity index (χ4v) is 4.89. The SMILES string of the molecule is O.O=C([O-])CN(CCN(CC(=O)[O-])CC(=O)NCCNC(=O)CO/N=C/[C@@H](O)C(O)[C@H](O)C(O)CO)CCN(CC(=O)[O-])CC(=O)NCCNC(=O)CO/N=C/[C@@H](O)C(O)[C@@H](O)C(O)CO.[Gd+3]. The summed E-state index contributed by atoms with van der Waals surface area (Å²) in [6, 6.07) is 0. The summed E-state index contributed by atoms with van der Waals surface area (Å²) < 4.78 is 0. The molecule has 0 spiro atoms. The average molecular weight is 1120 g/mol. The summed E-state index contributed by atoms with van der Waals surface area (Å²) >= 11 is 0. The molecule has 0 aliphatic carbocycles. The fourth-order valence-electron chi connectivity index (χ4n) is 4.89. The van der Waals surface area contributed by atoms with Gasteiger partial charge >= 0.3 is 39.9 Å².